The summed E-state index contributed by atoms with van der Waals surface area (Å²) in [5, 5.41) is 23.2. The number of benzene rings is 2. The Labute approximate surface area is 196 Å². The van der Waals surface area contributed by atoms with E-state index in [2.05, 4.69) is 29.4 Å². The summed E-state index contributed by atoms with van der Waals surface area (Å²) in [4.78, 5) is 22.7. The van der Waals surface area contributed by atoms with Crippen molar-refractivity contribution in [3.8, 4) is 11.4 Å². The summed E-state index contributed by atoms with van der Waals surface area (Å²) in [6.07, 6.45) is 0. The highest BCUT2D eigenvalue weighted by molar-refractivity contribution is 7.98. The third-order valence-electron chi connectivity index (χ3n) is 4.83. The van der Waals surface area contributed by atoms with Crippen LogP contribution in [0.5, 0.6) is 0 Å². The molecule has 0 aliphatic heterocycles. The number of nitro benzene ring substituents is 1. The summed E-state index contributed by atoms with van der Waals surface area (Å²) in [5.74, 6) is 1.60. The van der Waals surface area contributed by atoms with E-state index in [1.807, 2.05) is 28.8 Å². The molecule has 1 amide bonds. The molecule has 0 spiro atoms. The molecule has 174 valence electrons. The molecule has 0 saturated carbocycles. The van der Waals surface area contributed by atoms with Gasteiger partial charge in [0, 0.05) is 42.7 Å². The number of nitrogens with one attached hydrogen (secondary N) is 1. The van der Waals surface area contributed by atoms with Gasteiger partial charge in [0.1, 0.15) is 0 Å². The monoisotopic (exact) mass is 469 g/mol. The van der Waals surface area contributed by atoms with Crippen molar-refractivity contribution in [3.63, 3.8) is 0 Å². The van der Waals surface area contributed by atoms with E-state index in [-0.39, 0.29) is 11.6 Å². The number of nitro groups is 1. The van der Waals surface area contributed by atoms with Gasteiger partial charge in [-0.05, 0) is 35.7 Å². The lowest BCUT2D eigenvalue weighted by atomic mass is 10.1. The van der Waals surface area contributed by atoms with Crippen LogP contribution in [0.2, 0.25) is 0 Å². The second-order valence-corrected chi connectivity index (χ2v) is 8.79. The molecule has 0 radical (unpaired) electrons. The molecule has 0 fully saturated rings. The molecule has 33 heavy (non-hydrogen) atoms. The van der Waals surface area contributed by atoms with Gasteiger partial charge in [-0.2, -0.15) is 0 Å². The Morgan fingerprint density at radius 3 is 2.45 bits per heavy atom. The van der Waals surface area contributed by atoms with Gasteiger partial charge in [-0.15, -0.1) is 10.2 Å². The maximum absolute atomic E-state index is 12.2. The molecule has 0 aliphatic carbocycles. The lowest BCUT2D eigenvalue weighted by molar-refractivity contribution is -0.384. The number of amides is 1. The van der Waals surface area contributed by atoms with Gasteiger partial charge in [0.05, 0.1) is 18.1 Å². The molecular formula is C23H27N5O4S. The van der Waals surface area contributed by atoms with Crippen LogP contribution in [0, 0.1) is 16.0 Å². The summed E-state index contributed by atoms with van der Waals surface area (Å²) in [7, 11) is 1.63. The normalized spacial score (nSPS) is 11.0. The summed E-state index contributed by atoms with van der Waals surface area (Å²) >= 11 is 1.53. The highest BCUT2D eigenvalue weighted by atomic mass is 32.2. The van der Waals surface area contributed by atoms with Crippen molar-refractivity contribution < 1.29 is 14.5 Å². The van der Waals surface area contributed by atoms with E-state index >= 15 is 0 Å². The third-order valence-corrected chi connectivity index (χ3v) is 5.87. The first-order valence-corrected chi connectivity index (χ1v) is 11.5. The van der Waals surface area contributed by atoms with Gasteiger partial charge >= 0.3 is 0 Å². The zero-order chi connectivity index (χ0) is 23.8. The third kappa shape index (κ3) is 6.62. The topological polar surface area (TPSA) is 112 Å². The smallest absolute Gasteiger partial charge is 0.269 e. The van der Waals surface area contributed by atoms with Crippen LogP contribution < -0.4 is 5.32 Å². The van der Waals surface area contributed by atoms with Crippen LogP contribution in [0.1, 0.15) is 29.8 Å². The van der Waals surface area contributed by atoms with Crippen molar-refractivity contribution in [1.82, 2.24) is 20.1 Å². The number of thioether (sulfide) groups is 1. The Hall–Kier alpha value is -3.24. The number of hydrogen-bond acceptors (Lipinski definition) is 7. The van der Waals surface area contributed by atoms with Crippen molar-refractivity contribution in [3.05, 3.63) is 69.8 Å². The Balaban J connectivity index is 1.71. The summed E-state index contributed by atoms with van der Waals surface area (Å²) in [6.45, 7) is 5.78. The Bertz CT molecular complexity index is 1080. The second-order valence-electron chi connectivity index (χ2n) is 7.84. The minimum absolute atomic E-state index is 0.0256. The standard InChI is InChI=1S/C23H27N5O4S/c1-16(2)14-24-22(29)19-6-4-17(5-7-19)15-33-23-26-25-21(27(23)12-13-32-3)18-8-10-20(11-9-18)28(30)31/h4-11,16H,12-15H2,1-3H3,(H,24,29). The molecule has 3 rings (SSSR count). The Morgan fingerprint density at radius 2 is 1.85 bits per heavy atom. The minimum Gasteiger partial charge on any atom is -0.383 e. The number of hydrogen-bond donors (Lipinski definition) is 1. The number of ether oxygens (including phenoxy) is 1. The van der Waals surface area contributed by atoms with Crippen molar-refractivity contribution in [2.24, 2.45) is 5.92 Å². The number of rotatable bonds is 11. The fraction of sp³-hybridized carbons (Fsp3) is 0.348. The number of non-ortho nitro benzene ring substituents is 1. The SMILES string of the molecule is COCCn1c(SCc2ccc(C(=O)NCC(C)C)cc2)nnc1-c1ccc([N+](=O)[O-])cc1. The molecule has 0 unspecified atom stereocenters. The van der Waals surface area contributed by atoms with Crippen LogP contribution >= 0.6 is 11.8 Å². The second kappa shape index (κ2) is 11.6. The van der Waals surface area contributed by atoms with Gasteiger partial charge in [0.2, 0.25) is 0 Å². The van der Waals surface area contributed by atoms with E-state index in [0.29, 0.717) is 42.8 Å². The summed E-state index contributed by atoms with van der Waals surface area (Å²) in [6, 6.07) is 13.8. The molecule has 1 N–H and O–H groups in total. The summed E-state index contributed by atoms with van der Waals surface area (Å²) in [5.41, 5.74) is 2.46. The average Bonchev–Trinajstić information content (AvgIpc) is 3.22. The van der Waals surface area contributed by atoms with E-state index < -0.39 is 4.92 Å². The largest absolute Gasteiger partial charge is 0.383 e. The van der Waals surface area contributed by atoms with E-state index in [0.717, 1.165) is 16.3 Å². The van der Waals surface area contributed by atoms with Crippen LogP contribution in [0.15, 0.2) is 53.7 Å². The fourth-order valence-electron chi connectivity index (χ4n) is 3.02. The molecule has 10 heteroatoms. The molecule has 1 heterocycles. The number of carbonyl (C=O) groups excluding carboxylic acids is 1. The van der Waals surface area contributed by atoms with Gasteiger partial charge < -0.3 is 10.1 Å². The van der Waals surface area contributed by atoms with Crippen molar-refractivity contribution >= 4 is 23.4 Å². The molecule has 3 aromatic rings. The number of methoxy groups -OCH3 is 1. The predicted octanol–water partition coefficient (Wildman–Crippen LogP) is 4.18. The number of carbonyl (C=O) groups is 1. The number of aromatic nitrogens is 3. The number of nitrogens with zero attached hydrogens (tertiary/aromatic N) is 4. The average molecular weight is 470 g/mol. The van der Waals surface area contributed by atoms with E-state index in [1.54, 1.807) is 19.2 Å². The van der Waals surface area contributed by atoms with Crippen molar-refractivity contribution in [2.45, 2.75) is 31.3 Å². The molecule has 2 aromatic carbocycles. The highest BCUT2D eigenvalue weighted by Gasteiger charge is 2.16. The van der Waals surface area contributed by atoms with Crippen LogP contribution in [-0.4, -0.2) is 45.9 Å². The first kappa shape index (κ1) is 24.4. The van der Waals surface area contributed by atoms with Crippen LogP contribution in [-0.2, 0) is 17.0 Å². The first-order valence-electron chi connectivity index (χ1n) is 10.6. The van der Waals surface area contributed by atoms with Crippen LogP contribution in [0.3, 0.4) is 0 Å². The summed E-state index contributed by atoms with van der Waals surface area (Å²) < 4.78 is 7.18. The lowest BCUT2D eigenvalue weighted by Crippen LogP contribution is -2.27. The molecule has 0 atom stereocenters. The maximum Gasteiger partial charge on any atom is 0.269 e. The first-order chi connectivity index (χ1) is 15.9. The van der Waals surface area contributed by atoms with E-state index in [9.17, 15) is 14.9 Å². The predicted molar refractivity (Wildman–Crippen MR) is 127 cm³/mol. The molecule has 9 nitrogen and oxygen atoms in total. The van der Waals surface area contributed by atoms with Gasteiger partial charge in [-0.25, -0.2) is 0 Å². The zero-order valence-electron chi connectivity index (χ0n) is 18.9. The Morgan fingerprint density at radius 1 is 1.15 bits per heavy atom. The van der Waals surface area contributed by atoms with Crippen molar-refractivity contribution in [1.29, 1.82) is 0 Å². The molecule has 1 aromatic heterocycles. The maximum atomic E-state index is 12.2. The van der Waals surface area contributed by atoms with Crippen LogP contribution in [0.4, 0.5) is 5.69 Å². The van der Waals surface area contributed by atoms with Gasteiger partial charge in [0.15, 0.2) is 11.0 Å². The van der Waals surface area contributed by atoms with Gasteiger partial charge in [-0.3, -0.25) is 19.5 Å². The van der Waals surface area contributed by atoms with Crippen molar-refractivity contribution in [2.75, 3.05) is 20.3 Å². The van der Waals surface area contributed by atoms with E-state index in [1.165, 1.54) is 23.9 Å². The van der Waals surface area contributed by atoms with Gasteiger partial charge in [-0.1, -0.05) is 37.7 Å². The van der Waals surface area contributed by atoms with Gasteiger partial charge in [0.25, 0.3) is 11.6 Å². The van der Waals surface area contributed by atoms with E-state index in [4.69, 9.17) is 4.74 Å². The van der Waals surface area contributed by atoms with Crippen LogP contribution in [0.25, 0.3) is 11.4 Å². The molecule has 0 bridgehead atoms. The molecule has 0 saturated heterocycles. The molecular weight excluding hydrogens is 442 g/mol. The fourth-order valence-corrected chi connectivity index (χ4v) is 3.94. The quantitative estimate of drug-likeness (QED) is 0.255. The minimum atomic E-state index is -0.431. The highest BCUT2D eigenvalue weighted by Crippen LogP contribution is 2.27. The Kier molecular flexibility index (Phi) is 8.56. The zero-order valence-corrected chi connectivity index (χ0v) is 19.7. The lowest BCUT2D eigenvalue weighted by Gasteiger charge is -2.10. The molecule has 0 aliphatic rings.